The molecule has 0 aliphatic heterocycles. The van der Waals surface area contributed by atoms with Crippen molar-refractivity contribution in [3.8, 4) is 5.75 Å². The van der Waals surface area contributed by atoms with Crippen LogP contribution in [0.15, 0.2) is 24.3 Å². The summed E-state index contributed by atoms with van der Waals surface area (Å²) < 4.78 is 5.22. The Morgan fingerprint density at radius 2 is 1.86 bits per heavy atom. The maximum Gasteiger partial charge on any atom is 0.224 e. The number of hydrogen-bond acceptors (Lipinski definition) is 3. The lowest BCUT2D eigenvalue weighted by molar-refractivity contribution is -0.126. The van der Waals surface area contributed by atoms with E-state index in [0.29, 0.717) is 6.54 Å². The first-order chi connectivity index (χ1) is 10.1. The molecule has 0 heterocycles. The third-order valence-electron chi connectivity index (χ3n) is 4.42. The smallest absolute Gasteiger partial charge is 0.224 e. The van der Waals surface area contributed by atoms with Gasteiger partial charge in [-0.1, -0.05) is 31.9 Å². The van der Waals surface area contributed by atoms with Crippen molar-refractivity contribution in [1.82, 2.24) is 10.6 Å². The highest BCUT2D eigenvalue weighted by atomic mass is 35.5. The minimum atomic E-state index is -0.203. The second kappa shape index (κ2) is 8.39. The maximum atomic E-state index is 12.4. The van der Waals surface area contributed by atoms with Gasteiger partial charge in [-0.15, -0.1) is 12.4 Å². The molecule has 1 fully saturated rings. The quantitative estimate of drug-likeness (QED) is 0.845. The molecule has 0 radical (unpaired) electrons. The minimum Gasteiger partial charge on any atom is -0.497 e. The fourth-order valence-electron chi connectivity index (χ4n) is 3.13. The van der Waals surface area contributed by atoms with Crippen molar-refractivity contribution in [2.45, 2.75) is 38.1 Å². The van der Waals surface area contributed by atoms with Crippen LogP contribution in [0.25, 0.3) is 0 Å². The fraction of sp³-hybridized carbons (Fsp3) is 0.588. The van der Waals surface area contributed by atoms with E-state index < -0.39 is 0 Å². The highest BCUT2D eigenvalue weighted by Crippen LogP contribution is 2.39. The average molecular weight is 327 g/mol. The SMILES string of the molecule is CNCC(C)C(=O)NC1(c2ccc(OC)cc2)CCCC1.Cl. The van der Waals surface area contributed by atoms with Gasteiger partial charge in [0.15, 0.2) is 0 Å². The number of halogens is 1. The van der Waals surface area contributed by atoms with Gasteiger partial charge in [-0.3, -0.25) is 4.79 Å². The first kappa shape index (κ1) is 18.8. The average Bonchev–Trinajstić information content (AvgIpc) is 2.97. The summed E-state index contributed by atoms with van der Waals surface area (Å²) in [4.78, 5) is 12.4. The first-order valence-electron chi connectivity index (χ1n) is 7.72. The lowest BCUT2D eigenvalue weighted by Gasteiger charge is -2.32. The zero-order valence-electron chi connectivity index (χ0n) is 13.6. The van der Waals surface area contributed by atoms with Gasteiger partial charge in [0.05, 0.1) is 12.6 Å². The molecule has 0 bridgehead atoms. The van der Waals surface area contributed by atoms with Gasteiger partial charge in [0, 0.05) is 12.5 Å². The molecule has 2 rings (SSSR count). The molecule has 1 aliphatic carbocycles. The van der Waals surface area contributed by atoms with E-state index in [2.05, 4.69) is 22.8 Å². The van der Waals surface area contributed by atoms with E-state index in [9.17, 15) is 4.79 Å². The summed E-state index contributed by atoms with van der Waals surface area (Å²) in [7, 11) is 3.54. The van der Waals surface area contributed by atoms with Crippen LogP contribution in [0.4, 0.5) is 0 Å². The molecule has 0 spiro atoms. The fourth-order valence-corrected chi connectivity index (χ4v) is 3.13. The molecule has 1 unspecified atom stereocenters. The van der Waals surface area contributed by atoms with Crippen molar-refractivity contribution < 1.29 is 9.53 Å². The molecule has 124 valence electrons. The maximum absolute atomic E-state index is 12.4. The van der Waals surface area contributed by atoms with Crippen molar-refractivity contribution in [3.05, 3.63) is 29.8 Å². The number of methoxy groups -OCH3 is 1. The Balaban J connectivity index is 0.00000242. The molecule has 1 aromatic rings. The van der Waals surface area contributed by atoms with E-state index in [4.69, 9.17) is 4.74 Å². The van der Waals surface area contributed by atoms with Gasteiger partial charge in [-0.25, -0.2) is 0 Å². The van der Waals surface area contributed by atoms with Crippen LogP contribution in [0.2, 0.25) is 0 Å². The van der Waals surface area contributed by atoms with Crippen molar-refractivity contribution in [1.29, 1.82) is 0 Å². The van der Waals surface area contributed by atoms with Crippen LogP contribution >= 0.6 is 12.4 Å². The molecule has 1 amide bonds. The van der Waals surface area contributed by atoms with Crippen LogP contribution in [0.3, 0.4) is 0 Å². The standard InChI is InChI=1S/C17H26N2O2.ClH/c1-13(12-18-2)16(20)19-17(10-4-5-11-17)14-6-8-15(21-3)9-7-14;/h6-9,13,18H,4-5,10-12H2,1-3H3,(H,19,20);1H. The van der Waals surface area contributed by atoms with Crippen LogP contribution in [-0.4, -0.2) is 26.6 Å². The molecule has 1 atom stereocenters. The summed E-state index contributed by atoms with van der Waals surface area (Å²) in [5.74, 6) is 0.953. The van der Waals surface area contributed by atoms with Gasteiger partial charge < -0.3 is 15.4 Å². The monoisotopic (exact) mass is 326 g/mol. The van der Waals surface area contributed by atoms with Gasteiger partial charge in [0.2, 0.25) is 5.91 Å². The highest BCUT2D eigenvalue weighted by molar-refractivity contribution is 5.85. The molecular formula is C17H27ClN2O2. The van der Waals surface area contributed by atoms with Crippen LogP contribution in [0.1, 0.15) is 38.2 Å². The summed E-state index contributed by atoms with van der Waals surface area (Å²) in [5.41, 5.74) is 0.983. The number of amides is 1. The molecule has 1 aromatic carbocycles. The van der Waals surface area contributed by atoms with Crippen LogP contribution in [-0.2, 0) is 10.3 Å². The Morgan fingerprint density at radius 1 is 1.27 bits per heavy atom. The third-order valence-corrected chi connectivity index (χ3v) is 4.42. The summed E-state index contributed by atoms with van der Waals surface area (Å²) in [6.07, 6.45) is 4.34. The van der Waals surface area contributed by atoms with Gasteiger partial charge in [0.1, 0.15) is 5.75 Å². The predicted molar refractivity (Wildman–Crippen MR) is 91.6 cm³/mol. The number of carbonyl (C=O) groups is 1. The summed E-state index contributed by atoms with van der Waals surface area (Å²) in [5, 5.41) is 6.37. The Hall–Kier alpha value is -1.26. The van der Waals surface area contributed by atoms with Crippen molar-refractivity contribution in [2.24, 2.45) is 5.92 Å². The molecule has 4 nitrogen and oxygen atoms in total. The van der Waals surface area contributed by atoms with Gasteiger partial charge >= 0.3 is 0 Å². The van der Waals surface area contributed by atoms with E-state index in [1.54, 1.807) is 7.11 Å². The second-order valence-electron chi connectivity index (χ2n) is 5.97. The van der Waals surface area contributed by atoms with E-state index in [0.717, 1.165) is 31.4 Å². The molecule has 0 aromatic heterocycles. The lowest BCUT2D eigenvalue weighted by Crippen LogP contribution is -2.47. The Bertz CT molecular complexity index is 470. The number of carbonyl (C=O) groups excluding carboxylic acids is 1. The Labute approximate surface area is 139 Å². The normalized spacial score (nSPS) is 17.4. The van der Waals surface area contributed by atoms with Crippen molar-refractivity contribution in [2.75, 3.05) is 20.7 Å². The van der Waals surface area contributed by atoms with Gasteiger partial charge in [0.25, 0.3) is 0 Å². The second-order valence-corrected chi connectivity index (χ2v) is 5.97. The van der Waals surface area contributed by atoms with Crippen molar-refractivity contribution >= 4 is 18.3 Å². The highest BCUT2D eigenvalue weighted by Gasteiger charge is 2.37. The Morgan fingerprint density at radius 3 is 2.36 bits per heavy atom. The number of ether oxygens (including phenoxy) is 1. The third kappa shape index (κ3) is 4.14. The number of hydrogen-bond donors (Lipinski definition) is 2. The minimum absolute atomic E-state index is 0. The molecule has 1 saturated carbocycles. The van der Waals surface area contributed by atoms with Crippen LogP contribution < -0.4 is 15.4 Å². The van der Waals surface area contributed by atoms with E-state index in [1.807, 2.05) is 26.1 Å². The topological polar surface area (TPSA) is 50.4 Å². The number of nitrogens with one attached hydrogen (secondary N) is 2. The zero-order valence-corrected chi connectivity index (χ0v) is 14.5. The lowest BCUT2D eigenvalue weighted by atomic mass is 9.87. The molecule has 2 N–H and O–H groups in total. The Kier molecular flexibility index (Phi) is 7.17. The molecule has 5 heteroatoms. The van der Waals surface area contributed by atoms with E-state index >= 15 is 0 Å². The van der Waals surface area contributed by atoms with Crippen molar-refractivity contribution in [3.63, 3.8) is 0 Å². The molecular weight excluding hydrogens is 300 g/mol. The molecule has 0 saturated heterocycles. The van der Waals surface area contributed by atoms with E-state index in [1.165, 1.54) is 5.56 Å². The summed E-state index contributed by atoms with van der Waals surface area (Å²) in [6.45, 7) is 2.66. The summed E-state index contributed by atoms with van der Waals surface area (Å²) >= 11 is 0. The number of benzene rings is 1. The van der Waals surface area contributed by atoms with Gasteiger partial charge in [-0.2, -0.15) is 0 Å². The summed E-state index contributed by atoms with van der Waals surface area (Å²) in [6, 6.07) is 8.09. The van der Waals surface area contributed by atoms with Gasteiger partial charge in [-0.05, 0) is 37.6 Å². The molecule has 1 aliphatic rings. The predicted octanol–water partition coefficient (Wildman–Crippen LogP) is 2.86. The van der Waals surface area contributed by atoms with Crippen LogP contribution in [0.5, 0.6) is 5.75 Å². The first-order valence-corrected chi connectivity index (χ1v) is 7.72. The molecule has 22 heavy (non-hydrogen) atoms. The van der Waals surface area contributed by atoms with E-state index in [-0.39, 0.29) is 29.8 Å². The zero-order chi connectivity index (χ0) is 15.3. The largest absolute Gasteiger partial charge is 0.497 e. The number of rotatable bonds is 6. The van der Waals surface area contributed by atoms with Crippen LogP contribution in [0, 0.1) is 5.92 Å².